The molecule has 3 rings (SSSR count). The van der Waals surface area contributed by atoms with Crippen LogP contribution in [-0.2, 0) is 0 Å². The summed E-state index contributed by atoms with van der Waals surface area (Å²) in [5.41, 5.74) is 0.586. The maximum Gasteiger partial charge on any atom is 0.152 e. The molecule has 1 aliphatic heterocycles. The van der Waals surface area contributed by atoms with Gasteiger partial charge in [0.2, 0.25) is 0 Å². The van der Waals surface area contributed by atoms with Crippen LogP contribution in [0.4, 0.5) is 0 Å². The van der Waals surface area contributed by atoms with Gasteiger partial charge in [-0.3, -0.25) is 0 Å². The van der Waals surface area contributed by atoms with E-state index >= 15 is 0 Å². The van der Waals surface area contributed by atoms with Crippen LogP contribution >= 0.6 is 0 Å². The smallest absolute Gasteiger partial charge is 0.152 e. The summed E-state index contributed by atoms with van der Waals surface area (Å²) in [4.78, 5) is 0. The van der Waals surface area contributed by atoms with E-state index < -0.39 is 18.3 Å². The molecule has 0 saturated carbocycles. The summed E-state index contributed by atoms with van der Waals surface area (Å²) in [5, 5.41) is 48.9. The standard InChI is InChI=1S/C15H14O6/c16-8-3-1-7(2-4-8)15-14(20)13(19)12-10(18)5-9(17)6-11(12)21-15/h1-6,13-20H. The number of phenols is 3. The van der Waals surface area contributed by atoms with Crippen LogP contribution in [0, 0.1) is 0 Å². The van der Waals surface area contributed by atoms with E-state index in [4.69, 9.17) is 4.74 Å². The van der Waals surface area contributed by atoms with Crippen molar-refractivity contribution in [1.29, 1.82) is 0 Å². The lowest BCUT2D eigenvalue weighted by molar-refractivity contribution is -0.0710. The molecule has 6 heteroatoms. The lowest BCUT2D eigenvalue weighted by Crippen LogP contribution is -2.34. The predicted octanol–water partition coefficient (Wildman–Crippen LogP) is 1.33. The highest BCUT2D eigenvalue weighted by molar-refractivity contribution is 5.52. The van der Waals surface area contributed by atoms with E-state index in [9.17, 15) is 25.5 Å². The summed E-state index contributed by atoms with van der Waals surface area (Å²) in [6.45, 7) is 0. The number of aliphatic hydroxyl groups excluding tert-OH is 2. The zero-order valence-electron chi connectivity index (χ0n) is 10.8. The van der Waals surface area contributed by atoms with Gasteiger partial charge >= 0.3 is 0 Å². The monoisotopic (exact) mass is 290 g/mol. The second-order valence-corrected chi connectivity index (χ2v) is 4.94. The number of rotatable bonds is 1. The average molecular weight is 290 g/mol. The summed E-state index contributed by atoms with van der Waals surface area (Å²) in [5.74, 6) is -0.385. The van der Waals surface area contributed by atoms with Gasteiger partial charge < -0.3 is 30.3 Å². The number of hydrogen-bond donors (Lipinski definition) is 5. The van der Waals surface area contributed by atoms with Crippen molar-refractivity contribution in [1.82, 2.24) is 0 Å². The lowest BCUT2D eigenvalue weighted by Gasteiger charge is -2.34. The Morgan fingerprint density at radius 2 is 1.52 bits per heavy atom. The molecule has 1 aliphatic rings. The van der Waals surface area contributed by atoms with Gasteiger partial charge in [-0.1, -0.05) is 12.1 Å². The Balaban J connectivity index is 2.04. The Morgan fingerprint density at radius 1 is 0.857 bits per heavy atom. The minimum Gasteiger partial charge on any atom is -0.508 e. The molecule has 0 amide bonds. The summed E-state index contributed by atoms with van der Waals surface area (Å²) >= 11 is 0. The molecule has 0 aromatic heterocycles. The molecule has 0 bridgehead atoms. The molecular weight excluding hydrogens is 276 g/mol. The fraction of sp³-hybridized carbons (Fsp3) is 0.200. The third-order valence-corrected chi connectivity index (χ3v) is 3.51. The first-order valence-corrected chi connectivity index (χ1v) is 6.35. The van der Waals surface area contributed by atoms with E-state index in [1.807, 2.05) is 0 Å². The second kappa shape index (κ2) is 4.83. The molecule has 2 aromatic rings. The molecule has 3 unspecified atom stereocenters. The minimum atomic E-state index is -1.35. The molecule has 2 aromatic carbocycles. The van der Waals surface area contributed by atoms with Crippen molar-refractivity contribution in [2.75, 3.05) is 0 Å². The Kier molecular flexibility index (Phi) is 3.12. The highest BCUT2D eigenvalue weighted by Gasteiger charge is 2.39. The van der Waals surface area contributed by atoms with Crippen molar-refractivity contribution in [2.45, 2.75) is 18.3 Å². The quantitative estimate of drug-likeness (QED) is 0.542. The fourth-order valence-electron chi connectivity index (χ4n) is 2.46. The number of aliphatic hydroxyl groups is 2. The third-order valence-electron chi connectivity index (χ3n) is 3.51. The average Bonchev–Trinajstić information content (AvgIpc) is 2.43. The van der Waals surface area contributed by atoms with E-state index in [-0.39, 0.29) is 28.6 Å². The van der Waals surface area contributed by atoms with Crippen LogP contribution in [0.1, 0.15) is 23.3 Å². The van der Waals surface area contributed by atoms with Gasteiger partial charge in [-0.25, -0.2) is 0 Å². The van der Waals surface area contributed by atoms with Crippen molar-refractivity contribution in [3.63, 3.8) is 0 Å². The maximum absolute atomic E-state index is 10.2. The highest BCUT2D eigenvalue weighted by Crippen LogP contribution is 2.46. The van der Waals surface area contributed by atoms with Gasteiger partial charge in [0, 0.05) is 12.1 Å². The largest absolute Gasteiger partial charge is 0.508 e. The molecule has 110 valence electrons. The Hall–Kier alpha value is -2.44. The molecule has 0 aliphatic carbocycles. The highest BCUT2D eigenvalue weighted by atomic mass is 16.5. The molecule has 6 nitrogen and oxygen atoms in total. The zero-order valence-corrected chi connectivity index (χ0v) is 10.8. The summed E-state index contributed by atoms with van der Waals surface area (Å²) < 4.78 is 5.59. The zero-order chi connectivity index (χ0) is 15.1. The summed E-state index contributed by atoms with van der Waals surface area (Å²) in [6, 6.07) is 8.32. The number of aromatic hydroxyl groups is 3. The number of phenolic OH excluding ortho intramolecular Hbond substituents is 3. The Morgan fingerprint density at radius 3 is 2.19 bits per heavy atom. The normalized spacial score (nSPS) is 24.2. The summed E-state index contributed by atoms with van der Waals surface area (Å²) in [7, 11) is 0. The van der Waals surface area contributed by atoms with Crippen LogP contribution in [-0.4, -0.2) is 31.6 Å². The molecule has 3 atom stereocenters. The van der Waals surface area contributed by atoms with Gasteiger partial charge in [-0.15, -0.1) is 0 Å². The van der Waals surface area contributed by atoms with Gasteiger partial charge in [0.05, 0.1) is 5.56 Å². The molecule has 5 N–H and O–H groups in total. The van der Waals surface area contributed by atoms with Crippen molar-refractivity contribution in [3.8, 4) is 23.0 Å². The van der Waals surface area contributed by atoms with Crippen LogP contribution < -0.4 is 4.74 Å². The maximum atomic E-state index is 10.2. The minimum absolute atomic E-state index is 0.0373. The van der Waals surface area contributed by atoms with Crippen LogP contribution in [0.2, 0.25) is 0 Å². The first kappa shape index (κ1) is 13.5. The van der Waals surface area contributed by atoms with E-state index in [1.165, 1.54) is 18.2 Å². The number of fused-ring (bicyclic) bond motifs is 1. The lowest BCUT2D eigenvalue weighted by atomic mass is 9.91. The molecule has 0 fully saturated rings. The van der Waals surface area contributed by atoms with E-state index in [0.717, 1.165) is 6.07 Å². The number of hydrogen-bond acceptors (Lipinski definition) is 6. The van der Waals surface area contributed by atoms with Gasteiger partial charge in [0.25, 0.3) is 0 Å². The first-order chi connectivity index (χ1) is 9.97. The predicted molar refractivity (Wildman–Crippen MR) is 72.2 cm³/mol. The van der Waals surface area contributed by atoms with E-state index in [1.54, 1.807) is 12.1 Å². The van der Waals surface area contributed by atoms with Gasteiger partial charge in [-0.05, 0) is 17.7 Å². The Labute approximate surface area is 120 Å². The first-order valence-electron chi connectivity index (χ1n) is 6.35. The van der Waals surface area contributed by atoms with Crippen molar-refractivity contribution in [3.05, 3.63) is 47.5 Å². The molecule has 21 heavy (non-hydrogen) atoms. The number of benzene rings is 2. The number of ether oxygens (including phenoxy) is 1. The topological polar surface area (TPSA) is 110 Å². The molecule has 0 radical (unpaired) electrons. The van der Waals surface area contributed by atoms with Crippen molar-refractivity contribution >= 4 is 0 Å². The summed E-state index contributed by atoms with van der Waals surface area (Å²) in [6.07, 6.45) is -3.53. The second-order valence-electron chi connectivity index (χ2n) is 4.94. The SMILES string of the molecule is Oc1ccc(C2Oc3cc(O)cc(O)c3C(O)C2O)cc1. The van der Waals surface area contributed by atoms with Crippen molar-refractivity contribution in [2.24, 2.45) is 0 Å². The molecule has 0 spiro atoms. The molecule has 1 heterocycles. The van der Waals surface area contributed by atoms with Crippen LogP contribution in [0.25, 0.3) is 0 Å². The van der Waals surface area contributed by atoms with E-state index in [2.05, 4.69) is 0 Å². The van der Waals surface area contributed by atoms with Gasteiger partial charge in [-0.2, -0.15) is 0 Å². The van der Waals surface area contributed by atoms with Crippen LogP contribution in [0.15, 0.2) is 36.4 Å². The van der Waals surface area contributed by atoms with E-state index in [0.29, 0.717) is 5.56 Å². The third kappa shape index (κ3) is 2.24. The molecular formula is C15H14O6. The molecule has 0 saturated heterocycles. The van der Waals surface area contributed by atoms with Gasteiger partial charge in [0.15, 0.2) is 6.10 Å². The van der Waals surface area contributed by atoms with Crippen LogP contribution in [0.3, 0.4) is 0 Å². The van der Waals surface area contributed by atoms with Crippen LogP contribution in [0.5, 0.6) is 23.0 Å². The van der Waals surface area contributed by atoms with Gasteiger partial charge in [0.1, 0.15) is 35.2 Å². The van der Waals surface area contributed by atoms with Crippen molar-refractivity contribution < 1.29 is 30.3 Å². The Bertz CT molecular complexity index is 667. The fourth-order valence-corrected chi connectivity index (χ4v) is 2.46.